The summed E-state index contributed by atoms with van der Waals surface area (Å²) >= 11 is 0. The lowest BCUT2D eigenvalue weighted by atomic mass is 9.96. The predicted octanol–water partition coefficient (Wildman–Crippen LogP) is 1.10. The summed E-state index contributed by atoms with van der Waals surface area (Å²) in [6.45, 7) is 7.82. The maximum absolute atomic E-state index is 13.4. The van der Waals surface area contributed by atoms with Gasteiger partial charge in [0.15, 0.2) is 0 Å². The highest BCUT2D eigenvalue weighted by atomic mass is 32.2. The monoisotopic (exact) mass is 465 g/mol. The Kier molecular flexibility index (Phi) is 7.79. The standard InChI is InChI=1S/C22H35N5O4S/c1-5-25(6-2)14-12-23-21(28)16-27-20-15-17(32(30,31)24(3)4)10-11-18(20)26-13-8-7-9-19(26)22(27)29/h10-11,15,19H,5-9,12-14,16H2,1-4H3,(H,23,28)/t19-/m1/s1. The van der Waals surface area contributed by atoms with Crippen molar-refractivity contribution in [1.82, 2.24) is 14.5 Å². The first kappa shape index (κ1) is 24.5. The number of carbonyl (C=O) groups is 2. The van der Waals surface area contributed by atoms with E-state index in [0.29, 0.717) is 12.2 Å². The van der Waals surface area contributed by atoms with Crippen LogP contribution in [0.3, 0.4) is 0 Å². The van der Waals surface area contributed by atoms with Crippen LogP contribution in [0.1, 0.15) is 33.1 Å². The molecule has 2 amide bonds. The van der Waals surface area contributed by atoms with Gasteiger partial charge in [-0.05, 0) is 50.6 Å². The summed E-state index contributed by atoms with van der Waals surface area (Å²) in [5.74, 6) is -0.392. The first-order valence-electron chi connectivity index (χ1n) is 11.3. The minimum atomic E-state index is -3.67. The Labute approximate surface area is 191 Å². The van der Waals surface area contributed by atoms with Gasteiger partial charge in [0.1, 0.15) is 12.6 Å². The molecule has 2 heterocycles. The lowest BCUT2D eigenvalue weighted by Gasteiger charge is -2.45. The molecule has 0 saturated carbocycles. The number of hydrogen-bond acceptors (Lipinski definition) is 6. The van der Waals surface area contributed by atoms with E-state index in [9.17, 15) is 18.0 Å². The van der Waals surface area contributed by atoms with Gasteiger partial charge in [-0.15, -0.1) is 0 Å². The zero-order valence-corrected chi connectivity index (χ0v) is 20.3. The quantitative estimate of drug-likeness (QED) is 0.587. The molecule has 1 aromatic rings. The number of piperidine rings is 1. The van der Waals surface area contributed by atoms with Crippen molar-refractivity contribution in [3.63, 3.8) is 0 Å². The van der Waals surface area contributed by atoms with Crippen molar-refractivity contribution < 1.29 is 18.0 Å². The van der Waals surface area contributed by atoms with E-state index in [1.54, 1.807) is 12.1 Å². The molecule has 1 aromatic carbocycles. The molecule has 178 valence electrons. The first-order valence-corrected chi connectivity index (χ1v) is 12.8. The zero-order valence-electron chi connectivity index (χ0n) is 19.5. The summed E-state index contributed by atoms with van der Waals surface area (Å²) in [6.07, 6.45) is 2.67. The number of sulfonamides is 1. The molecule has 3 rings (SSSR count). The zero-order chi connectivity index (χ0) is 23.5. The van der Waals surface area contributed by atoms with E-state index in [-0.39, 0.29) is 29.3 Å². The molecule has 9 nitrogen and oxygen atoms in total. The smallest absolute Gasteiger partial charge is 0.250 e. The molecule has 32 heavy (non-hydrogen) atoms. The number of nitrogens with zero attached hydrogens (tertiary/aromatic N) is 4. The molecule has 1 saturated heterocycles. The van der Waals surface area contributed by atoms with E-state index in [2.05, 4.69) is 29.0 Å². The summed E-state index contributed by atoms with van der Waals surface area (Å²) in [5.41, 5.74) is 1.29. The molecule has 0 radical (unpaired) electrons. The molecule has 1 atom stereocenters. The summed E-state index contributed by atoms with van der Waals surface area (Å²) in [6, 6.07) is 4.56. The number of nitrogens with one attached hydrogen (secondary N) is 1. The highest BCUT2D eigenvalue weighted by Crippen LogP contribution is 2.40. The first-order chi connectivity index (χ1) is 15.2. The van der Waals surface area contributed by atoms with Crippen LogP contribution >= 0.6 is 0 Å². The van der Waals surface area contributed by atoms with Gasteiger partial charge in [0.25, 0.3) is 0 Å². The number of fused-ring (bicyclic) bond motifs is 3. The fraction of sp³-hybridized carbons (Fsp3) is 0.636. The molecule has 2 aliphatic rings. The van der Waals surface area contributed by atoms with Crippen molar-refractivity contribution in [2.75, 3.05) is 63.2 Å². The molecule has 0 bridgehead atoms. The number of carbonyl (C=O) groups excluding carboxylic acids is 2. The molecule has 0 spiro atoms. The van der Waals surface area contributed by atoms with Crippen LogP contribution in [-0.4, -0.2) is 88.8 Å². The van der Waals surface area contributed by atoms with Crippen molar-refractivity contribution >= 4 is 33.2 Å². The van der Waals surface area contributed by atoms with Gasteiger partial charge < -0.3 is 15.1 Å². The summed E-state index contributed by atoms with van der Waals surface area (Å²) < 4.78 is 26.5. The minimum Gasteiger partial charge on any atom is -0.358 e. The molecular formula is C22H35N5O4S. The molecule has 0 aromatic heterocycles. The third-order valence-corrected chi connectivity index (χ3v) is 8.14. The number of anilines is 2. The van der Waals surface area contributed by atoms with Crippen LogP contribution in [0.25, 0.3) is 0 Å². The fourth-order valence-corrected chi connectivity index (χ4v) is 5.29. The Balaban J connectivity index is 1.88. The predicted molar refractivity (Wildman–Crippen MR) is 125 cm³/mol. The summed E-state index contributed by atoms with van der Waals surface area (Å²) in [7, 11) is -0.720. The second kappa shape index (κ2) is 10.2. The maximum atomic E-state index is 13.4. The van der Waals surface area contributed by atoms with Gasteiger partial charge in [-0.25, -0.2) is 12.7 Å². The lowest BCUT2D eigenvalue weighted by Crippen LogP contribution is -2.57. The lowest BCUT2D eigenvalue weighted by molar-refractivity contribution is -0.125. The molecule has 0 aliphatic carbocycles. The minimum absolute atomic E-state index is 0.108. The molecule has 10 heteroatoms. The van der Waals surface area contributed by atoms with Gasteiger partial charge in [0.05, 0.1) is 16.3 Å². The van der Waals surface area contributed by atoms with Crippen molar-refractivity contribution in [3.8, 4) is 0 Å². The molecule has 2 aliphatic heterocycles. The van der Waals surface area contributed by atoms with Crippen molar-refractivity contribution in [3.05, 3.63) is 18.2 Å². The Morgan fingerprint density at radius 2 is 1.88 bits per heavy atom. The van der Waals surface area contributed by atoms with Gasteiger partial charge in [-0.3, -0.25) is 14.5 Å². The normalized spacial score (nSPS) is 18.7. The van der Waals surface area contributed by atoms with E-state index in [4.69, 9.17) is 0 Å². The number of hydrogen-bond donors (Lipinski definition) is 1. The average Bonchev–Trinajstić information content (AvgIpc) is 2.79. The highest BCUT2D eigenvalue weighted by Gasteiger charge is 2.40. The van der Waals surface area contributed by atoms with Crippen LogP contribution in [0, 0.1) is 0 Å². The Morgan fingerprint density at radius 3 is 2.53 bits per heavy atom. The number of amides is 2. The maximum Gasteiger partial charge on any atom is 0.250 e. The van der Waals surface area contributed by atoms with Crippen LogP contribution < -0.4 is 15.1 Å². The SMILES string of the molecule is CCN(CC)CCNC(=O)CN1C(=O)[C@H]2CCCCN2c2ccc(S(=O)(=O)N(C)C)cc21. The summed E-state index contributed by atoms with van der Waals surface area (Å²) in [5, 5.41) is 2.90. The van der Waals surface area contributed by atoms with E-state index >= 15 is 0 Å². The summed E-state index contributed by atoms with van der Waals surface area (Å²) in [4.78, 5) is 31.9. The highest BCUT2D eigenvalue weighted by molar-refractivity contribution is 7.89. The van der Waals surface area contributed by atoms with E-state index in [0.717, 1.165) is 55.4 Å². The molecule has 0 unspecified atom stereocenters. The van der Waals surface area contributed by atoms with E-state index in [1.807, 2.05) is 0 Å². The van der Waals surface area contributed by atoms with Gasteiger partial charge in [-0.1, -0.05) is 13.8 Å². The van der Waals surface area contributed by atoms with Crippen LogP contribution in [0.2, 0.25) is 0 Å². The second-order valence-electron chi connectivity index (χ2n) is 8.44. The van der Waals surface area contributed by atoms with Crippen LogP contribution in [0.15, 0.2) is 23.1 Å². The van der Waals surface area contributed by atoms with Gasteiger partial charge in [0.2, 0.25) is 21.8 Å². The van der Waals surface area contributed by atoms with E-state index < -0.39 is 10.0 Å². The second-order valence-corrected chi connectivity index (χ2v) is 10.6. The van der Waals surface area contributed by atoms with Crippen LogP contribution in [0.4, 0.5) is 11.4 Å². The largest absolute Gasteiger partial charge is 0.358 e. The fourth-order valence-electron chi connectivity index (χ4n) is 4.36. The number of rotatable bonds is 9. The molecular weight excluding hydrogens is 430 g/mol. The average molecular weight is 466 g/mol. The molecule has 1 N–H and O–H groups in total. The van der Waals surface area contributed by atoms with Gasteiger partial charge >= 0.3 is 0 Å². The third kappa shape index (κ3) is 4.92. The van der Waals surface area contributed by atoms with Gasteiger partial charge in [0, 0.05) is 33.7 Å². The molecule has 1 fully saturated rings. The van der Waals surface area contributed by atoms with Crippen molar-refractivity contribution in [1.29, 1.82) is 0 Å². The third-order valence-electron chi connectivity index (χ3n) is 6.33. The Bertz CT molecular complexity index is 946. The number of likely N-dealkylation sites (N-methyl/N-ethyl adjacent to an activating group) is 1. The van der Waals surface area contributed by atoms with Crippen molar-refractivity contribution in [2.24, 2.45) is 0 Å². The van der Waals surface area contributed by atoms with Crippen molar-refractivity contribution in [2.45, 2.75) is 44.0 Å². The Hall–Kier alpha value is -2.17. The number of benzene rings is 1. The van der Waals surface area contributed by atoms with E-state index in [1.165, 1.54) is 25.1 Å². The Morgan fingerprint density at radius 1 is 1.16 bits per heavy atom. The van der Waals surface area contributed by atoms with Crippen LogP contribution in [0.5, 0.6) is 0 Å². The van der Waals surface area contributed by atoms with Crippen LogP contribution in [-0.2, 0) is 19.6 Å². The topological polar surface area (TPSA) is 93.3 Å². The van der Waals surface area contributed by atoms with Gasteiger partial charge in [-0.2, -0.15) is 0 Å².